The summed E-state index contributed by atoms with van der Waals surface area (Å²) in [6.07, 6.45) is 0.438. The smallest absolute Gasteiger partial charge is 0.416 e. The van der Waals surface area contributed by atoms with E-state index in [1.54, 1.807) is 0 Å². The highest BCUT2D eigenvalue weighted by Gasteiger charge is 2.37. The van der Waals surface area contributed by atoms with Crippen molar-refractivity contribution in [3.63, 3.8) is 0 Å². The van der Waals surface area contributed by atoms with Crippen molar-refractivity contribution >= 4 is 16.9 Å². The van der Waals surface area contributed by atoms with Gasteiger partial charge in [0.25, 0.3) is 0 Å². The molecule has 0 bridgehead atoms. The number of esters is 1. The van der Waals surface area contributed by atoms with Gasteiger partial charge >= 0.3 is 12.1 Å². The fraction of sp³-hybridized carbons (Fsp3) is 0.286. The average Bonchev–Trinajstić information content (AvgIpc) is 2.82. The number of hydrogen-bond donors (Lipinski definition) is 0. The molecule has 0 amide bonds. The molecule has 1 heterocycles. The van der Waals surface area contributed by atoms with Crippen molar-refractivity contribution in [1.29, 1.82) is 0 Å². The molecule has 0 saturated carbocycles. The molecule has 0 radical (unpaired) electrons. The van der Waals surface area contributed by atoms with E-state index in [1.165, 1.54) is 12.3 Å². The Morgan fingerprint density at radius 3 is 2.81 bits per heavy atom. The molecule has 1 aromatic carbocycles. The Morgan fingerprint density at radius 2 is 2.24 bits per heavy atom. The highest BCUT2D eigenvalue weighted by Crippen LogP contribution is 2.39. The van der Waals surface area contributed by atoms with Gasteiger partial charge in [-0.25, -0.2) is 0 Å². The lowest BCUT2D eigenvalue weighted by Crippen LogP contribution is -2.15. The van der Waals surface area contributed by atoms with Gasteiger partial charge in [0.1, 0.15) is 6.10 Å². The van der Waals surface area contributed by atoms with Crippen LogP contribution in [0.5, 0.6) is 0 Å². The maximum atomic E-state index is 13.2. The predicted octanol–water partition coefficient (Wildman–Crippen LogP) is 3.47. The van der Waals surface area contributed by atoms with Crippen molar-refractivity contribution in [2.45, 2.75) is 25.6 Å². The fourth-order valence-electron chi connectivity index (χ4n) is 1.97. The van der Waals surface area contributed by atoms with E-state index in [0.29, 0.717) is 5.39 Å². The standard InChI is InChI=1S/C14H10F3NO3/c1-3-4-12(20-8(2)19)10-5-9-7-18-21-13(9)6-11(10)14(15,16)17/h1,5-7,12H,4H2,2H3. The molecule has 1 aromatic heterocycles. The van der Waals surface area contributed by atoms with Gasteiger partial charge in [-0.05, 0) is 12.1 Å². The van der Waals surface area contributed by atoms with Crippen LogP contribution in [0.2, 0.25) is 0 Å². The Balaban J connectivity index is 2.62. The lowest BCUT2D eigenvalue weighted by Gasteiger charge is -2.20. The van der Waals surface area contributed by atoms with Crippen LogP contribution in [0.15, 0.2) is 22.9 Å². The summed E-state index contributed by atoms with van der Waals surface area (Å²) in [5.74, 6) is 1.49. The molecule has 2 rings (SSSR count). The zero-order valence-electron chi connectivity index (χ0n) is 10.9. The van der Waals surface area contributed by atoms with E-state index in [9.17, 15) is 18.0 Å². The molecule has 110 valence electrons. The van der Waals surface area contributed by atoms with Crippen LogP contribution in [-0.2, 0) is 15.7 Å². The molecule has 0 aliphatic carbocycles. The normalized spacial score (nSPS) is 12.9. The Hall–Kier alpha value is -2.49. The van der Waals surface area contributed by atoms with Gasteiger partial charge in [0.2, 0.25) is 0 Å². The summed E-state index contributed by atoms with van der Waals surface area (Å²) in [7, 11) is 0. The van der Waals surface area contributed by atoms with E-state index in [0.717, 1.165) is 13.0 Å². The molecular formula is C14H10F3NO3. The number of fused-ring (bicyclic) bond motifs is 1. The fourth-order valence-corrected chi connectivity index (χ4v) is 1.97. The number of carbonyl (C=O) groups is 1. The van der Waals surface area contributed by atoms with E-state index in [4.69, 9.17) is 15.7 Å². The van der Waals surface area contributed by atoms with E-state index < -0.39 is 23.8 Å². The molecule has 1 unspecified atom stereocenters. The second-order valence-corrected chi connectivity index (χ2v) is 4.31. The van der Waals surface area contributed by atoms with Gasteiger partial charge in [-0.3, -0.25) is 4.79 Å². The maximum Gasteiger partial charge on any atom is 0.416 e. The molecule has 0 fully saturated rings. The number of benzene rings is 1. The third-order valence-corrected chi connectivity index (χ3v) is 2.79. The minimum absolute atomic E-state index is 0.00615. The number of alkyl halides is 3. The van der Waals surface area contributed by atoms with Gasteiger partial charge in [0.15, 0.2) is 5.58 Å². The topological polar surface area (TPSA) is 52.3 Å². The van der Waals surface area contributed by atoms with Crippen molar-refractivity contribution in [2.24, 2.45) is 0 Å². The minimum atomic E-state index is -4.64. The van der Waals surface area contributed by atoms with Crippen LogP contribution < -0.4 is 0 Å². The van der Waals surface area contributed by atoms with Crippen molar-refractivity contribution in [1.82, 2.24) is 5.16 Å². The van der Waals surface area contributed by atoms with Crippen molar-refractivity contribution in [2.75, 3.05) is 0 Å². The molecule has 21 heavy (non-hydrogen) atoms. The monoisotopic (exact) mass is 297 g/mol. The summed E-state index contributed by atoms with van der Waals surface area (Å²) >= 11 is 0. The van der Waals surface area contributed by atoms with Gasteiger partial charge in [-0.2, -0.15) is 13.2 Å². The quantitative estimate of drug-likeness (QED) is 0.643. The lowest BCUT2D eigenvalue weighted by molar-refractivity contribution is -0.150. The summed E-state index contributed by atoms with van der Waals surface area (Å²) in [6, 6.07) is 2.05. The lowest BCUT2D eigenvalue weighted by atomic mass is 9.98. The van der Waals surface area contributed by atoms with Gasteiger partial charge < -0.3 is 9.26 Å². The Labute approximate surface area is 117 Å². The Bertz CT molecular complexity index is 712. The summed E-state index contributed by atoms with van der Waals surface area (Å²) in [6.45, 7) is 1.11. The van der Waals surface area contributed by atoms with E-state index >= 15 is 0 Å². The number of terminal acetylenes is 1. The van der Waals surface area contributed by atoms with Crippen LogP contribution in [0.25, 0.3) is 11.0 Å². The van der Waals surface area contributed by atoms with Crippen LogP contribution in [0.1, 0.15) is 30.6 Å². The number of halogens is 3. The summed E-state index contributed by atoms with van der Waals surface area (Å²) in [5.41, 5.74) is -1.19. The molecule has 0 N–H and O–H groups in total. The molecule has 4 nitrogen and oxygen atoms in total. The zero-order chi connectivity index (χ0) is 15.6. The molecular weight excluding hydrogens is 287 g/mol. The highest BCUT2D eigenvalue weighted by molar-refractivity contribution is 5.78. The van der Waals surface area contributed by atoms with Crippen molar-refractivity contribution in [3.8, 4) is 12.3 Å². The highest BCUT2D eigenvalue weighted by atomic mass is 19.4. The molecule has 2 aromatic rings. The van der Waals surface area contributed by atoms with Gasteiger partial charge in [-0.15, -0.1) is 12.3 Å². The first kappa shape index (κ1) is 14.9. The molecule has 7 heteroatoms. The number of ether oxygens (including phenoxy) is 1. The summed E-state index contributed by atoms with van der Waals surface area (Å²) in [5, 5.41) is 3.81. The van der Waals surface area contributed by atoms with E-state index in [2.05, 4.69) is 11.1 Å². The number of carbonyl (C=O) groups excluding carboxylic acids is 1. The number of aromatic nitrogens is 1. The maximum absolute atomic E-state index is 13.2. The molecule has 0 aliphatic heterocycles. The van der Waals surface area contributed by atoms with Gasteiger partial charge in [0.05, 0.1) is 18.2 Å². The average molecular weight is 297 g/mol. The zero-order valence-corrected chi connectivity index (χ0v) is 10.9. The van der Waals surface area contributed by atoms with Gasteiger partial charge in [0, 0.05) is 17.9 Å². The Kier molecular flexibility index (Phi) is 3.89. The van der Waals surface area contributed by atoms with E-state index in [1.807, 2.05) is 0 Å². The van der Waals surface area contributed by atoms with Crippen LogP contribution in [0.4, 0.5) is 13.2 Å². The molecule has 0 aliphatic rings. The predicted molar refractivity (Wildman–Crippen MR) is 67.0 cm³/mol. The second kappa shape index (κ2) is 5.48. The largest absolute Gasteiger partial charge is 0.457 e. The SMILES string of the molecule is C#CCC(OC(C)=O)c1cc2cnoc2cc1C(F)(F)F. The van der Waals surface area contributed by atoms with Crippen LogP contribution >= 0.6 is 0 Å². The van der Waals surface area contributed by atoms with Crippen molar-refractivity contribution in [3.05, 3.63) is 29.5 Å². The number of hydrogen-bond acceptors (Lipinski definition) is 4. The summed E-state index contributed by atoms with van der Waals surface area (Å²) < 4.78 is 49.1. The molecule has 0 saturated heterocycles. The first-order valence-electron chi connectivity index (χ1n) is 5.89. The summed E-state index contributed by atoms with van der Waals surface area (Å²) in [4.78, 5) is 11.1. The van der Waals surface area contributed by atoms with E-state index in [-0.39, 0.29) is 17.6 Å². The minimum Gasteiger partial charge on any atom is -0.457 e. The van der Waals surface area contributed by atoms with Crippen LogP contribution in [0, 0.1) is 12.3 Å². The molecule has 1 atom stereocenters. The first-order valence-corrected chi connectivity index (χ1v) is 5.89. The third kappa shape index (κ3) is 3.16. The Morgan fingerprint density at radius 1 is 1.52 bits per heavy atom. The third-order valence-electron chi connectivity index (χ3n) is 2.79. The van der Waals surface area contributed by atoms with Crippen LogP contribution in [-0.4, -0.2) is 11.1 Å². The van der Waals surface area contributed by atoms with Crippen LogP contribution in [0.3, 0.4) is 0 Å². The number of nitrogens with zero attached hydrogens (tertiary/aromatic N) is 1. The van der Waals surface area contributed by atoms with Crippen molar-refractivity contribution < 1.29 is 27.2 Å². The second-order valence-electron chi connectivity index (χ2n) is 4.31. The number of rotatable bonds is 3. The van der Waals surface area contributed by atoms with Gasteiger partial charge in [-0.1, -0.05) is 5.16 Å². The first-order chi connectivity index (χ1) is 9.82. The molecule has 0 spiro atoms.